The summed E-state index contributed by atoms with van der Waals surface area (Å²) in [4.78, 5) is 8.50. The number of guanidine groups is 2. The minimum atomic E-state index is 0. The van der Waals surface area contributed by atoms with Crippen LogP contribution in [0.1, 0.15) is 78.1 Å². The molecule has 0 aromatic carbocycles. The standard InChI is InChI=1S/C16H35N5.2ClH/c1-3-5-7-9-10-12-14-20-16(18)21-15(17)19-13-11-8-6-4-2;;/h3-14H2,1-2H3,(H5,17,18,19,20,21);2*1H. The van der Waals surface area contributed by atoms with E-state index in [9.17, 15) is 0 Å². The molecule has 23 heavy (non-hydrogen) atoms. The van der Waals surface area contributed by atoms with E-state index in [1.807, 2.05) is 0 Å². The fraction of sp³-hybridized carbons (Fsp3) is 0.875. The number of halogens is 2. The van der Waals surface area contributed by atoms with Gasteiger partial charge < -0.3 is 11.5 Å². The Bertz CT molecular complexity index is 296. The summed E-state index contributed by atoms with van der Waals surface area (Å²) in [5.74, 6) is 0.745. The summed E-state index contributed by atoms with van der Waals surface area (Å²) in [5.41, 5.74) is 11.5. The van der Waals surface area contributed by atoms with Gasteiger partial charge in [0.2, 0.25) is 0 Å². The maximum Gasteiger partial charge on any atom is 0.195 e. The van der Waals surface area contributed by atoms with Crippen LogP contribution >= 0.6 is 24.8 Å². The van der Waals surface area contributed by atoms with Crippen molar-refractivity contribution >= 4 is 36.7 Å². The van der Waals surface area contributed by atoms with Crippen LogP contribution in [0.5, 0.6) is 0 Å². The third-order valence-corrected chi connectivity index (χ3v) is 3.34. The van der Waals surface area contributed by atoms with E-state index in [1.54, 1.807) is 0 Å². The molecule has 0 radical (unpaired) electrons. The van der Waals surface area contributed by atoms with Crippen LogP contribution in [-0.4, -0.2) is 25.0 Å². The van der Waals surface area contributed by atoms with Gasteiger partial charge in [-0.15, -0.1) is 24.8 Å². The molecule has 0 heterocycles. The van der Waals surface area contributed by atoms with Gasteiger partial charge in [0.05, 0.1) is 0 Å². The molecule has 0 aromatic heterocycles. The zero-order valence-corrected chi connectivity index (χ0v) is 16.5. The molecule has 0 saturated heterocycles. The van der Waals surface area contributed by atoms with Crippen LogP contribution in [0.4, 0.5) is 0 Å². The first-order valence-electron chi connectivity index (χ1n) is 8.57. The van der Waals surface area contributed by atoms with Gasteiger partial charge >= 0.3 is 0 Å². The lowest BCUT2D eigenvalue weighted by molar-refractivity contribution is 0.612. The molecule has 0 aromatic rings. The quantitative estimate of drug-likeness (QED) is 0.276. The Hall–Kier alpha value is -0.680. The summed E-state index contributed by atoms with van der Waals surface area (Å²) < 4.78 is 0. The smallest absolute Gasteiger partial charge is 0.195 e. The highest BCUT2D eigenvalue weighted by molar-refractivity contribution is 5.96. The van der Waals surface area contributed by atoms with Crippen LogP contribution in [0.15, 0.2) is 9.98 Å². The molecular weight excluding hydrogens is 333 g/mol. The van der Waals surface area contributed by atoms with E-state index >= 15 is 0 Å². The number of nitrogens with one attached hydrogen (secondary N) is 1. The predicted molar refractivity (Wildman–Crippen MR) is 108 cm³/mol. The molecule has 0 unspecified atom stereocenters. The summed E-state index contributed by atoms with van der Waals surface area (Å²) in [5, 5.41) is 2.84. The van der Waals surface area contributed by atoms with Crippen molar-refractivity contribution < 1.29 is 0 Å². The van der Waals surface area contributed by atoms with E-state index in [4.69, 9.17) is 11.5 Å². The van der Waals surface area contributed by atoms with Gasteiger partial charge in [0.15, 0.2) is 11.9 Å². The van der Waals surface area contributed by atoms with Gasteiger partial charge in [0.1, 0.15) is 0 Å². The van der Waals surface area contributed by atoms with E-state index < -0.39 is 0 Å². The number of hydrogen-bond donors (Lipinski definition) is 3. The van der Waals surface area contributed by atoms with Crippen LogP contribution < -0.4 is 16.8 Å². The lowest BCUT2D eigenvalue weighted by Crippen LogP contribution is -2.41. The summed E-state index contributed by atoms with van der Waals surface area (Å²) >= 11 is 0. The second kappa shape index (κ2) is 21.3. The first-order chi connectivity index (χ1) is 10.2. The molecule has 0 fully saturated rings. The molecule has 0 aliphatic heterocycles. The second-order valence-corrected chi connectivity index (χ2v) is 5.49. The third-order valence-electron chi connectivity index (χ3n) is 3.34. The lowest BCUT2D eigenvalue weighted by Gasteiger charge is -2.05. The van der Waals surface area contributed by atoms with Crippen molar-refractivity contribution in [2.75, 3.05) is 13.1 Å². The number of unbranched alkanes of at least 4 members (excludes halogenated alkanes) is 8. The van der Waals surface area contributed by atoms with Crippen molar-refractivity contribution in [2.45, 2.75) is 78.1 Å². The number of nitrogens with two attached hydrogens (primary N) is 2. The average Bonchev–Trinajstić information content (AvgIpc) is 2.46. The molecule has 0 saturated carbocycles. The Morgan fingerprint density at radius 1 is 0.652 bits per heavy atom. The minimum Gasteiger partial charge on any atom is -0.370 e. The molecule has 0 spiro atoms. The summed E-state index contributed by atoms with van der Waals surface area (Å²) in [7, 11) is 0. The van der Waals surface area contributed by atoms with E-state index in [0.717, 1.165) is 25.9 Å². The molecule has 0 amide bonds. The number of rotatable bonds is 12. The minimum absolute atomic E-state index is 0. The fourth-order valence-corrected chi connectivity index (χ4v) is 2.04. The molecule has 0 aliphatic carbocycles. The molecule has 0 aliphatic rings. The average molecular weight is 370 g/mol. The fourth-order valence-electron chi connectivity index (χ4n) is 2.04. The molecule has 0 rings (SSSR count). The van der Waals surface area contributed by atoms with Crippen molar-refractivity contribution in [3.8, 4) is 0 Å². The van der Waals surface area contributed by atoms with Crippen molar-refractivity contribution in [2.24, 2.45) is 21.5 Å². The number of aliphatic imine (C=N–C) groups is 2. The Labute approximate surface area is 155 Å². The molecule has 5 nitrogen and oxygen atoms in total. The van der Waals surface area contributed by atoms with Crippen LogP contribution in [0.3, 0.4) is 0 Å². The topological polar surface area (TPSA) is 88.8 Å². The summed E-state index contributed by atoms with van der Waals surface area (Å²) in [6.07, 6.45) is 12.3. The largest absolute Gasteiger partial charge is 0.370 e. The molecule has 7 heteroatoms. The Morgan fingerprint density at radius 3 is 1.43 bits per heavy atom. The zero-order chi connectivity index (χ0) is 15.8. The molecule has 0 bridgehead atoms. The van der Waals surface area contributed by atoms with Crippen LogP contribution in [0.25, 0.3) is 0 Å². The van der Waals surface area contributed by atoms with Gasteiger partial charge in [-0.05, 0) is 12.8 Å². The van der Waals surface area contributed by atoms with Gasteiger partial charge in [-0.2, -0.15) is 0 Å². The highest BCUT2D eigenvalue weighted by Crippen LogP contribution is 2.04. The molecule has 5 N–H and O–H groups in total. The van der Waals surface area contributed by atoms with Crippen LogP contribution in [0.2, 0.25) is 0 Å². The normalized spacial score (nSPS) is 11.6. The molecule has 0 atom stereocenters. The SMILES string of the molecule is CCCCCCCCN=C(N)NC(N)=NCCCCCC.Cl.Cl. The number of hydrogen-bond acceptors (Lipinski definition) is 2. The highest BCUT2D eigenvalue weighted by Gasteiger charge is 1.95. The van der Waals surface area contributed by atoms with Gasteiger partial charge in [-0.3, -0.25) is 15.3 Å². The summed E-state index contributed by atoms with van der Waals surface area (Å²) in [6.45, 7) is 5.94. The van der Waals surface area contributed by atoms with Gasteiger partial charge in [0.25, 0.3) is 0 Å². The van der Waals surface area contributed by atoms with Crippen LogP contribution in [0, 0.1) is 0 Å². The Kier molecular flexibility index (Phi) is 25.2. The zero-order valence-electron chi connectivity index (χ0n) is 14.9. The lowest BCUT2D eigenvalue weighted by atomic mass is 10.1. The first kappa shape index (κ1) is 27.2. The molecular formula is C16H37Cl2N5. The monoisotopic (exact) mass is 369 g/mol. The van der Waals surface area contributed by atoms with Gasteiger partial charge in [-0.1, -0.05) is 65.2 Å². The maximum atomic E-state index is 5.77. The van der Waals surface area contributed by atoms with Gasteiger partial charge in [-0.25, -0.2) is 0 Å². The highest BCUT2D eigenvalue weighted by atomic mass is 35.5. The Balaban J connectivity index is -0.00000200. The van der Waals surface area contributed by atoms with Crippen molar-refractivity contribution in [1.29, 1.82) is 0 Å². The summed E-state index contributed by atoms with van der Waals surface area (Å²) in [6, 6.07) is 0. The van der Waals surface area contributed by atoms with Crippen molar-refractivity contribution in [3.05, 3.63) is 0 Å². The predicted octanol–water partition coefficient (Wildman–Crippen LogP) is 3.99. The van der Waals surface area contributed by atoms with Crippen molar-refractivity contribution in [1.82, 2.24) is 5.32 Å². The maximum absolute atomic E-state index is 5.77. The van der Waals surface area contributed by atoms with Crippen LogP contribution in [-0.2, 0) is 0 Å². The van der Waals surface area contributed by atoms with Crippen molar-refractivity contribution in [3.63, 3.8) is 0 Å². The first-order valence-corrected chi connectivity index (χ1v) is 8.57. The number of nitrogens with zero attached hydrogens (tertiary/aromatic N) is 2. The van der Waals surface area contributed by atoms with E-state index in [1.165, 1.54) is 51.4 Å². The third kappa shape index (κ3) is 21.3. The molecule has 140 valence electrons. The van der Waals surface area contributed by atoms with Gasteiger partial charge in [0, 0.05) is 13.1 Å². The van der Waals surface area contributed by atoms with E-state index in [-0.39, 0.29) is 24.8 Å². The van der Waals surface area contributed by atoms with E-state index in [0.29, 0.717) is 11.9 Å². The Morgan fingerprint density at radius 2 is 1.00 bits per heavy atom. The van der Waals surface area contributed by atoms with E-state index in [2.05, 4.69) is 29.1 Å². The second-order valence-electron chi connectivity index (χ2n) is 5.49.